The molecule has 1 aliphatic rings. The van der Waals surface area contributed by atoms with Crippen molar-refractivity contribution in [3.63, 3.8) is 0 Å². The highest BCUT2D eigenvalue weighted by Crippen LogP contribution is 2.14. The Morgan fingerprint density at radius 2 is 2.29 bits per heavy atom. The van der Waals surface area contributed by atoms with Crippen molar-refractivity contribution in [2.24, 2.45) is 0 Å². The van der Waals surface area contributed by atoms with E-state index in [2.05, 4.69) is 32.3 Å². The fraction of sp³-hybridized carbons (Fsp3) is 0.400. The Bertz CT molecular complexity index is 649. The van der Waals surface area contributed by atoms with Crippen LogP contribution in [0.15, 0.2) is 24.3 Å². The number of carbonyl (C=O) groups excluding carboxylic acids is 1. The maximum Gasteiger partial charge on any atom is 0.319 e. The van der Waals surface area contributed by atoms with Gasteiger partial charge in [0.05, 0.1) is 6.54 Å². The van der Waals surface area contributed by atoms with Gasteiger partial charge in [0.25, 0.3) is 0 Å². The average Bonchev–Trinajstić information content (AvgIpc) is 3.09. The van der Waals surface area contributed by atoms with Gasteiger partial charge in [-0.15, -0.1) is 10.2 Å². The summed E-state index contributed by atoms with van der Waals surface area (Å²) in [6.45, 7) is 3.43. The first kappa shape index (κ1) is 13.6. The second-order valence-electron chi connectivity index (χ2n) is 5.15. The van der Waals surface area contributed by atoms with E-state index in [1.165, 1.54) is 5.56 Å². The first-order chi connectivity index (χ1) is 10.3. The molecule has 1 aromatic carbocycles. The molecule has 3 rings (SSSR count). The first-order valence-corrected chi connectivity index (χ1v) is 7.31. The third-order valence-corrected chi connectivity index (χ3v) is 3.69. The van der Waals surface area contributed by atoms with Gasteiger partial charge in [-0.3, -0.25) is 0 Å². The predicted molar refractivity (Wildman–Crippen MR) is 80.0 cm³/mol. The van der Waals surface area contributed by atoms with Crippen LogP contribution in [-0.4, -0.2) is 20.8 Å². The molecule has 21 heavy (non-hydrogen) atoms. The molecule has 1 aliphatic heterocycles. The third kappa shape index (κ3) is 3.04. The molecule has 0 saturated heterocycles. The van der Waals surface area contributed by atoms with E-state index in [0.29, 0.717) is 6.54 Å². The summed E-state index contributed by atoms with van der Waals surface area (Å²) >= 11 is 0. The van der Waals surface area contributed by atoms with E-state index in [9.17, 15) is 4.79 Å². The molecule has 0 aliphatic carbocycles. The number of hydrogen-bond donors (Lipinski definition) is 2. The van der Waals surface area contributed by atoms with Crippen molar-refractivity contribution in [3.05, 3.63) is 41.5 Å². The summed E-state index contributed by atoms with van der Waals surface area (Å²) in [5.41, 5.74) is 2.00. The molecular formula is C15H19N5O. The molecule has 0 spiro atoms. The Morgan fingerprint density at radius 3 is 3.14 bits per heavy atom. The second-order valence-corrected chi connectivity index (χ2v) is 5.15. The zero-order chi connectivity index (χ0) is 14.7. The molecule has 6 nitrogen and oxygen atoms in total. The van der Waals surface area contributed by atoms with Gasteiger partial charge in [0.2, 0.25) is 0 Å². The van der Waals surface area contributed by atoms with Crippen molar-refractivity contribution in [1.29, 1.82) is 0 Å². The summed E-state index contributed by atoms with van der Waals surface area (Å²) in [6.07, 6.45) is 3.03. The van der Waals surface area contributed by atoms with Crippen molar-refractivity contribution >= 4 is 11.7 Å². The number of aromatic nitrogens is 3. The van der Waals surface area contributed by atoms with Crippen LogP contribution in [0.1, 0.15) is 30.6 Å². The smallest absolute Gasteiger partial charge is 0.319 e. The van der Waals surface area contributed by atoms with Crippen molar-refractivity contribution in [2.75, 3.05) is 5.32 Å². The summed E-state index contributed by atoms with van der Waals surface area (Å²) in [5, 5.41) is 13.9. The van der Waals surface area contributed by atoms with E-state index < -0.39 is 0 Å². The lowest BCUT2D eigenvalue weighted by molar-refractivity contribution is 0.251. The minimum Gasteiger partial charge on any atom is -0.331 e. The average molecular weight is 285 g/mol. The number of nitrogens with one attached hydrogen (secondary N) is 2. The van der Waals surface area contributed by atoms with E-state index in [4.69, 9.17) is 0 Å². The molecule has 0 unspecified atom stereocenters. The van der Waals surface area contributed by atoms with Gasteiger partial charge >= 0.3 is 6.03 Å². The van der Waals surface area contributed by atoms with Gasteiger partial charge in [-0.05, 0) is 30.5 Å². The number of nitrogens with zero attached hydrogens (tertiary/aromatic N) is 3. The highest BCUT2D eigenvalue weighted by Gasteiger charge is 2.17. The largest absolute Gasteiger partial charge is 0.331 e. The Morgan fingerprint density at radius 1 is 1.38 bits per heavy atom. The molecule has 2 aromatic rings. The third-order valence-electron chi connectivity index (χ3n) is 3.69. The highest BCUT2D eigenvalue weighted by atomic mass is 16.2. The van der Waals surface area contributed by atoms with Gasteiger partial charge < -0.3 is 15.2 Å². The summed E-state index contributed by atoms with van der Waals surface area (Å²) in [7, 11) is 0. The molecule has 2 amide bonds. The topological polar surface area (TPSA) is 71.8 Å². The Kier molecular flexibility index (Phi) is 3.85. The molecule has 0 saturated carbocycles. The fourth-order valence-corrected chi connectivity index (χ4v) is 2.55. The number of benzene rings is 1. The zero-order valence-electron chi connectivity index (χ0n) is 12.1. The predicted octanol–water partition coefficient (Wildman–Crippen LogP) is 2.11. The number of aryl methyl sites for hydroxylation is 2. The maximum absolute atomic E-state index is 11.9. The Balaban J connectivity index is 1.56. The standard InChI is InChI=1S/C15H19N5O/c1-2-11-5-3-6-12(9-11)17-15(21)16-10-14-19-18-13-7-4-8-20(13)14/h3,5-6,9H,2,4,7-8,10H2,1H3,(H2,16,17,21). The molecule has 0 bridgehead atoms. The molecular weight excluding hydrogens is 266 g/mol. The van der Waals surface area contributed by atoms with Gasteiger partial charge in [-0.2, -0.15) is 0 Å². The minimum atomic E-state index is -0.224. The number of anilines is 1. The van der Waals surface area contributed by atoms with Gasteiger partial charge in [0, 0.05) is 18.7 Å². The van der Waals surface area contributed by atoms with Gasteiger partial charge in [0.1, 0.15) is 5.82 Å². The van der Waals surface area contributed by atoms with E-state index in [1.807, 2.05) is 24.3 Å². The van der Waals surface area contributed by atoms with Crippen LogP contribution in [0.2, 0.25) is 0 Å². The molecule has 0 atom stereocenters. The molecule has 110 valence electrons. The SMILES string of the molecule is CCc1cccc(NC(=O)NCc2nnc3n2CCC3)c1. The first-order valence-electron chi connectivity index (χ1n) is 7.31. The summed E-state index contributed by atoms with van der Waals surface area (Å²) in [4.78, 5) is 11.9. The molecule has 0 fully saturated rings. The second kappa shape index (κ2) is 5.95. The summed E-state index contributed by atoms with van der Waals surface area (Å²) in [6, 6.07) is 7.63. The summed E-state index contributed by atoms with van der Waals surface area (Å²) in [5.74, 6) is 1.84. The highest BCUT2D eigenvalue weighted by molar-refractivity contribution is 5.89. The molecule has 2 N–H and O–H groups in total. The van der Waals surface area contributed by atoms with Crippen LogP contribution in [-0.2, 0) is 25.9 Å². The Hall–Kier alpha value is -2.37. The van der Waals surface area contributed by atoms with E-state index in [1.54, 1.807) is 0 Å². The Labute approximate surface area is 123 Å². The van der Waals surface area contributed by atoms with Crippen LogP contribution in [0.5, 0.6) is 0 Å². The van der Waals surface area contributed by atoms with Crippen LogP contribution >= 0.6 is 0 Å². The quantitative estimate of drug-likeness (QED) is 0.903. The van der Waals surface area contributed by atoms with Crippen molar-refractivity contribution < 1.29 is 4.79 Å². The van der Waals surface area contributed by atoms with Crippen LogP contribution in [0.25, 0.3) is 0 Å². The molecule has 2 heterocycles. The van der Waals surface area contributed by atoms with Crippen LogP contribution in [0, 0.1) is 0 Å². The van der Waals surface area contributed by atoms with Gasteiger partial charge in [0.15, 0.2) is 5.82 Å². The number of fused-ring (bicyclic) bond motifs is 1. The number of carbonyl (C=O) groups is 1. The van der Waals surface area contributed by atoms with Crippen LogP contribution < -0.4 is 10.6 Å². The minimum absolute atomic E-state index is 0.224. The van der Waals surface area contributed by atoms with Crippen molar-refractivity contribution in [3.8, 4) is 0 Å². The fourth-order valence-electron chi connectivity index (χ4n) is 2.55. The molecule has 0 radical (unpaired) electrons. The van der Waals surface area contributed by atoms with Crippen molar-refractivity contribution in [2.45, 2.75) is 39.3 Å². The van der Waals surface area contributed by atoms with Crippen molar-refractivity contribution in [1.82, 2.24) is 20.1 Å². The molecule has 1 aromatic heterocycles. The normalized spacial score (nSPS) is 13.0. The lowest BCUT2D eigenvalue weighted by Crippen LogP contribution is -2.29. The number of hydrogen-bond acceptors (Lipinski definition) is 3. The lowest BCUT2D eigenvalue weighted by Gasteiger charge is -2.08. The van der Waals surface area contributed by atoms with Crippen LogP contribution in [0.4, 0.5) is 10.5 Å². The van der Waals surface area contributed by atoms with Gasteiger partial charge in [-0.1, -0.05) is 19.1 Å². The van der Waals surface area contributed by atoms with Crippen LogP contribution in [0.3, 0.4) is 0 Å². The molecule has 6 heteroatoms. The summed E-state index contributed by atoms with van der Waals surface area (Å²) < 4.78 is 2.08. The monoisotopic (exact) mass is 285 g/mol. The van der Waals surface area contributed by atoms with Gasteiger partial charge in [-0.25, -0.2) is 4.79 Å². The maximum atomic E-state index is 11.9. The number of rotatable bonds is 4. The number of amides is 2. The lowest BCUT2D eigenvalue weighted by atomic mass is 10.1. The van der Waals surface area contributed by atoms with E-state index in [0.717, 1.165) is 43.1 Å². The van der Waals surface area contributed by atoms with E-state index in [-0.39, 0.29) is 6.03 Å². The zero-order valence-corrected chi connectivity index (χ0v) is 12.1. The van der Waals surface area contributed by atoms with E-state index >= 15 is 0 Å². The number of urea groups is 1.